The highest BCUT2D eigenvalue weighted by atomic mass is 32.2. The summed E-state index contributed by atoms with van der Waals surface area (Å²) in [6.45, 7) is 4.93. The van der Waals surface area contributed by atoms with E-state index in [1.54, 1.807) is 17.0 Å². The highest BCUT2D eigenvalue weighted by Gasteiger charge is 2.30. The summed E-state index contributed by atoms with van der Waals surface area (Å²) < 4.78 is 0. The molecule has 8 heteroatoms. The van der Waals surface area contributed by atoms with Crippen LogP contribution in [0.1, 0.15) is 30.5 Å². The maximum Gasteiger partial charge on any atom is 0.269 e. The maximum atomic E-state index is 13.6. The monoisotopic (exact) mass is 519 g/mol. The number of rotatable bonds is 13. The minimum absolute atomic E-state index is 0.0371. The number of nitro benzene ring substituents is 1. The molecule has 1 unspecified atom stereocenters. The number of nitro groups is 1. The van der Waals surface area contributed by atoms with E-state index in [-0.39, 0.29) is 29.2 Å². The third-order valence-electron chi connectivity index (χ3n) is 5.79. The van der Waals surface area contributed by atoms with Crippen LogP contribution in [0.3, 0.4) is 0 Å². The van der Waals surface area contributed by atoms with E-state index in [9.17, 15) is 19.7 Å². The van der Waals surface area contributed by atoms with E-state index in [0.29, 0.717) is 25.3 Å². The van der Waals surface area contributed by atoms with Gasteiger partial charge in [-0.3, -0.25) is 19.7 Å². The fourth-order valence-corrected chi connectivity index (χ4v) is 4.68. The van der Waals surface area contributed by atoms with Crippen molar-refractivity contribution in [1.29, 1.82) is 0 Å². The van der Waals surface area contributed by atoms with Gasteiger partial charge in [-0.15, -0.1) is 11.8 Å². The largest absolute Gasteiger partial charge is 0.354 e. The van der Waals surface area contributed by atoms with Gasteiger partial charge in [-0.2, -0.15) is 0 Å². The van der Waals surface area contributed by atoms with Gasteiger partial charge in [0.1, 0.15) is 6.04 Å². The predicted molar refractivity (Wildman–Crippen MR) is 148 cm³/mol. The van der Waals surface area contributed by atoms with Crippen molar-refractivity contribution in [3.63, 3.8) is 0 Å². The number of carbonyl (C=O) groups excluding carboxylic acids is 2. The minimum atomic E-state index is -0.658. The van der Waals surface area contributed by atoms with Crippen LogP contribution in [0.4, 0.5) is 5.69 Å². The molecule has 3 rings (SSSR count). The third kappa shape index (κ3) is 9.06. The summed E-state index contributed by atoms with van der Waals surface area (Å²) in [7, 11) is 0. The van der Waals surface area contributed by atoms with Gasteiger partial charge in [-0.05, 0) is 22.6 Å². The van der Waals surface area contributed by atoms with Crippen molar-refractivity contribution in [2.24, 2.45) is 5.92 Å². The Hall–Kier alpha value is -3.65. The molecule has 1 N–H and O–H groups in total. The summed E-state index contributed by atoms with van der Waals surface area (Å²) in [4.78, 5) is 39.1. The Bertz CT molecular complexity index is 1150. The second-order valence-corrected chi connectivity index (χ2v) is 10.3. The van der Waals surface area contributed by atoms with E-state index in [1.165, 1.54) is 23.9 Å². The lowest BCUT2D eigenvalue weighted by atomic mass is 10.0. The topological polar surface area (TPSA) is 92.6 Å². The Kier molecular flexibility index (Phi) is 10.7. The fourth-order valence-electron chi connectivity index (χ4n) is 3.81. The zero-order valence-electron chi connectivity index (χ0n) is 21.2. The third-order valence-corrected chi connectivity index (χ3v) is 6.78. The van der Waals surface area contributed by atoms with Crippen LogP contribution in [-0.2, 0) is 28.3 Å². The predicted octanol–water partition coefficient (Wildman–Crippen LogP) is 5.24. The van der Waals surface area contributed by atoms with E-state index in [4.69, 9.17) is 0 Å². The van der Waals surface area contributed by atoms with Crippen LogP contribution in [0.15, 0.2) is 84.9 Å². The highest BCUT2D eigenvalue weighted by molar-refractivity contribution is 7.99. The smallest absolute Gasteiger partial charge is 0.269 e. The molecular weight excluding hydrogens is 486 g/mol. The molecule has 0 spiro atoms. The Morgan fingerprint density at radius 1 is 0.892 bits per heavy atom. The first kappa shape index (κ1) is 27.9. The maximum absolute atomic E-state index is 13.6. The zero-order chi connectivity index (χ0) is 26.6. The summed E-state index contributed by atoms with van der Waals surface area (Å²) in [5, 5.41) is 13.9. The van der Waals surface area contributed by atoms with Crippen molar-refractivity contribution in [2.45, 2.75) is 38.6 Å². The van der Waals surface area contributed by atoms with Crippen LogP contribution in [0.2, 0.25) is 0 Å². The minimum Gasteiger partial charge on any atom is -0.354 e. The average Bonchev–Trinajstić information content (AvgIpc) is 2.90. The molecule has 0 aliphatic heterocycles. The number of hydrogen-bond donors (Lipinski definition) is 1. The van der Waals surface area contributed by atoms with Gasteiger partial charge >= 0.3 is 0 Å². The van der Waals surface area contributed by atoms with Crippen LogP contribution in [0.5, 0.6) is 0 Å². The first-order valence-electron chi connectivity index (χ1n) is 12.3. The summed E-state index contributed by atoms with van der Waals surface area (Å²) in [6.07, 6.45) is 0.413. The second-order valence-electron chi connectivity index (χ2n) is 9.27. The number of carbonyl (C=O) groups is 2. The molecule has 0 radical (unpaired) electrons. The molecule has 0 aromatic heterocycles. The van der Waals surface area contributed by atoms with Gasteiger partial charge in [0.05, 0.1) is 10.7 Å². The molecule has 0 bridgehead atoms. The van der Waals surface area contributed by atoms with E-state index in [1.807, 2.05) is 74.5 Å². The Morgan fingerprint density at radius 3 is 2.05 bits per heavy atom. The molecule has 0 aliphatic rings. The standard InChI is InChI=1S/C29H33N3O4S/c1-22(2)18-30-29(34)27(17-23-9-5-3-6-10-23)31(19-24-11-7-4-8-12-24)28(33)21-37-20-25-13-15-26(16-14-25)32(35)36/h3-16,22,27H,17-21H2,1-2H3,(H,30,34). The van der Waals surface area contributed by atoms with Gasteiger partial charge in [0, 0.05) is 37.4 Å². The van der Waals surface area contributed by atoms with E-state index >= 15 is 0 Å². The number of thioether (sulfide) groups is 1. The summed E-state index contributed by atoms with van der Waals surface area (Å²) in [6, 6.07) is 25.1. The Balaban J connectivity index is 1.79. The van der Waals surface area contributed by atoms with Crippen molar-refractivity contribution in [1.82, 2.24) is 10.2 Å². The van der Waals surface area contributed by atoms with Crippen LogP contribution < -0.4 is 5.32 Å². The number of nitrogens with one attached hydrogen (secondary N) is 1. The van der Waals surface area contributed by atoms with E-state index < -0.39 is 11.0 Å². The summed E-state index contributed by atoms with van der Waals surface area (Å²) in [5.41, 5.74) is 2.87. The second kappa shape index (κ2) is 14.2. The molecule has 3 aromatic carbocycles. The summed E-state index contributed by atoms with van der Waals surface area (Å²) in [5.74, 6) is 0.716. The van der Waals surface area contributed by atoms with Gasteiger partial charge in [0.2, 0.25) is 11.8 Å². The summed E-state index contributed by atoms with van der Waals surface area (Å²) >= 11 is 1.43. The van der Waals surface area contributed by atoms with E-state index in [2.05, 4.69) is 5.32 Å². The van der Waals surface area contributed by atoms with Crippen molar-refractivity contribution in [2.75, 3.05) is 12.3 Å². The van der Waals surface area contributed by atoms with Crippen LogP contribution in [0.25, 0.3) is 0 Å². The fraction of sp³-hybridized carbons (Fsp3) is 0.310. The molecule has 37 heavy (non-hydrogen) atoms. The molecular formula is C29H33N3O4S. The lowest BCUT2D eigenvalue weighted by molar-refractivity contribution is -0.384. The van der Waals surface area contributed by atoms with Crippen LogP contribution in [0, 0.1) is 16.0 Å². The van der Waals surface area contributed by atoms with Crippen molar-refractivity contribution >= 4 is 29.3 Å². The SMILES string of the molecule is CC(C)CNC(=O)C(Cc1ccccc1)N(Cc1ccccc1)C(=O)CSCc1ccc([N+](=O)[O-])cc1. The number of benzene rings is 3. The van der Waals surface area contributed by atoms with Gasteiger partial charge in [0.15, 0.2) is 0 Å². The number of hydrogen-bond acceptors (Lipinski definition) is 5. The number of nitrogens with zero attached hydrogens (tertiary/aromatic N) is 2. The lowest BCUT2D eigenvalue weighted by Crippen LogP contribution is -2.51. The van der Waals surface area contributed by atoms with Gasteiger partial charge in [0.25, 0.3) is 5.69 Å². The molecule has 0 saturated heterocycles. The molecule has 2 amide bonds. The van der Waals surface area contributed by atoms with Crippen molar-refractivity contribution < 1.29 is 14.5 Å². The average molecular weight is 520 g/mol. The molecule has 0 saturated carbocycles. The highest BCUT2D eigenvalue weighted by Crippen LogP contribution is 2.20. The van der Waals surface area contributed by atoms with Crippen molar-refractivity contribution in [3.05, 3.63) is 112 Å². The zero-order valence-corrected chi connectivity index (χ0v) is 22.0. The van der Waals surface area contributed by atoms with Crippen molar-refractivity contribution in [3.8, 4) is 0 Å². The lowest BCUT2D eigenvalue weighted by Gasteiger charge is -2.31. The number of amides is 2. The molecule has 194 valence electrons. The molecule has 0 fully saturated rings. The first-order chi connectivity index (χ1) is 17.8. The van der Waals surface area contributed by atoms with Crippen LogP contribution >= 0.6 is 11.8 Å². The first-order valence-corrected chi connectivity index (χ1v) is 13.4. The van der Waals surface area contributed by atoms with Gasteiger partial charge in [-0.1, -0.05) is 86.6 Å². The van der Waals surface area contributed by atoms with Gasteiger partial charge < -0.3 is 10.2 Å². The molecule has 0 heterocycles. The molecule has 3 aromatic rings. The Morgan fingerprint density at radius 2 is 1.49 bits per heavy atom. The van der Waals surface area contributed by atoms with E-state index in [0.717, 1.165) is 16.7 Å². The molecule has 7 nitrogen and oxygen atoms in total. The number of non-ortho nitro benzene ring substituents is 1. The normalized spacial score (nSPS) is 11.6. The quantitative estimate of drug-likeness (QED) is 0.246. The molecule has 1 atom stereocenters. The van der Waals surface area contributed by atoms with Gasteiger partial charge in [-0.25, -0.2) is 0 Å². The van der Waals surface area contributed by atoms with Crippen LogP contribution in [-0.4, -0.2) is 40.0 Å². The molecule has 0 aliphatic carbocycles. The Labute approximate surface area is 222 Å².